The monoisotopic (exact) mass is 169 g/mol. The van der Waals surface area contributed by atoms with Crippen LogP contribution in [0.5, 0.6) is 0 Å². The maximum Gasteiger partial charge on any atom is 0.0436 e. The highest BCUT2D eigenvalue weighted by Gasteiger charge is 2.14. The van der Waals surface area contributed by atoms with Gasteiger partial charge in [0.15, 0.2) is 0 Å². The van der Waals surface area contributed by atoms with Gasteiger partial charge >= 0.3 is 0 Å². The first-order valence-corrected chi connectivity index (χ1v) is 4.78. The molecule has 0 aromatic rings. The summed E-state index contributed by atoms with van der Waals surface area (Å²) in [5.41, 5.74) is 0.589. The van der Waals surface area contributed by atoms with Gasteiger partial charge < -0.3 is 0 Å². The quantitative estimate of drug-likeness (QED) is 0.573. The molecule has 1 heteroatoms. The van der Waals surface area contributed by atoms with Crippen molar-refractivity contribution in [3.8, 4) is 0 Å². The lowest BCUT2D eigenvalue weighted by Crippen LogP contribution is -2.15. The maximum atomic E-state index is 4.46. The molecule has 0 bridgehead atoms. The second-order valence-electron chi connectivity index (χ2n) is 5.35. The minimum absolute atomic E-state index is 0.226. The maximum absolute atomic E-state index is 4.46. The molecule has 0 unspecified atom stereocenters. The average Bonchev–Trinajstić information content (AvgIpc) is 1.84. The summed E-state index contributed by atoms with van der Waals surface area (Å²) in [7, 11) is 0. The van der Waals surface area contributed by atoms with Crippen molar-refractivity contribution in [3.05, 3.63) is 0 Å². The lowest BCUT2D eigenvalue weighted by atomic mass is 9.90. The van der Waals surface area contributed by atoms with E-state index in [4.69, 9.17) is 0 Å². The van der Waals surface area contributed by atoms with E-state index >= 15 is 0 Å². The van der Waals surface area contributed by atoms with Crippen molar-refractivity contribution in [1.82, 2.24) is 0 Å². The Hall–Kier alpha value is -0.330. The van der Waals surface area contributed by atoms with E-state index in [-0.39, 0.29) is 5.41 Å². The first kappa shape index (κ1) is 11.7. The van der Waals surface area contributed by atoms with Crippen LogP contribution in [0.1, 0.15) is 48.0 Å². The predicted octanol–water partition coefficient (Wildman–Crippen LogP) is 3.54. The van der Waals surface area contributed by atoms with Crippen LogP contribution in [0.25, 0.3) is 0 Å². The molecule has 0 saturated heterocycles. The van der Waals surface area contributed by atoms with Gasteiger partial charge in [0.2, 0.25) is 0 Å². The zero-order valence-corrected chi connectivity index (χ0v) is 9.44. The summed E-state index contributed by atoms with van der Waals surface area (Å²) in [5.74, 6) is 0. The van der Waals surface area contributed by atoms with Gasteiger partial charge in [-0.2, -0.15) is 0 Å². The SMILES string of the molecule is CCC(C)(C)CN=CC(C)(C)C. The summed E-state index contributed by atoms with van der Waals surface area (Å²) in [6.07, 6.45) is 3.25. The lowest BCUT2D eigenvalue weighted by Gasteiger charge is -2.20. The Morgan fingerprint density at radius 3 is 1.92 bits per heavy atom. The number of rotatable bonds is 3. The Labute approximate surface area is 77.3 Å². The van der Waals surface area contributed by atoms with E-state index < -0.39 is 0 Å². The fourth-order valence-corrected chi connectivity index (χ4v) is 0.678. The van der Waals surface area contributed by atoms with Gasteiger partial charge in [-0.3, -0.25) is 4.99 Å². The van der Waals surface area contributed by atoms with Crippen molar-refractivity contribution in [1.29, 1.82) is 0 Å². The summed E-state index contributed by atoms with van der Waals surface area (Å²) in [5, 5.41) is 0. The second kappa shape index (κ2) is 4.06. The number of nitrogens with zero attached hydrogens (tertiary/aromatic N) is 1. The van der Waals surface area contributed by atoms with Crippen LogP contribution >= 0.6 is 0 Å². The van der Waals surface area contributed by atoms with Crippen molar-refractivity contribution in [3.63, 3.8) is 0 Å². The van der Waals surface area contributed by atoms with Gasteiger partial charge in [0.1, 0.15) is 0 Å². The van der Waals surface area contributed by atoms with Crippen LogP contribution in [0.3, 0.4) is 0 Å². The molecule has 0 fully saturated rings. The third-order valence-corrected chi connectivity index (χ3v) is 1.96. The summed E-state index contributed by atoms with van der Waals surface area (Å²) in [4.78, 5) is 4.46. The molecule has 0 aliphatic rings. The molecule has 12 heavy (non-hydrogen) atoms. The van der Waals surface area contributed by atoms with Gasteiger partial charge in [-0.05, 0) is 17.3 Å². The molecule has 0 aromatic heterocycles. The number of hydrogen-bond acceptors (Lipinski definition) is 1. The molecular formula is C11H23N. The van der Waals surface area contributed by atoms with Gasteiger partial charge in [0.05, 0.1) is 0 Å². The molecule has 0 aromatic carbocycles. The van der Waals surface area contributed by atoms with Crippen LogP contribution in [0, 0.1) is 10.8 Å². The Morgan fingerprint density at radius 2 is 1.58 bits per heavy atom. The molecule has 0 radical (unpaired) electrons. The fourth-order valence-electron chi connectivity index (χ4n) is 0.678. The first-order valence-electron chi connectivity index (χ1n) is 4.78. The van der Waals surface area contributed by atoms with Crippen molar-refractivity contribution in [2.24, 2.45) is 15.8 Å². The smallest absolute Gasteiger partial charge is 0.0436 e. The van der Waals surface area contributed by atoms with Gasteiger partial charge in [-0.15, -0.1) is 0 Å². The zero-order chi connectivity index (χ0) is 9.83. The standard InChI is InChI=1S/C11H23N/c1-7-11(5,6)9-12-8-10(2,3)4/h8H,7,9H2,1-6H3. The molecule has 1 nitrogen and oxygen atoms in total. The van der Waals surface area contributed by atoms with Crippen LogP contribution in [0.15, 0.2) is 4.99 Å². The number of hydrogen-bond donors (Lipinski definition) is 0. The van der Waals surface area contributed by atoms with Crippen LogP contribution in [0.2, 0.25) is 0 Å². The molecule has 0 spiro atoms. The molecule has 0 N–H and O–H groups in total. The molecule has 0 aliphatic carbocycles. The topological polar surface area (TPSA) is 12.4 Å². The Bertz CT molecular complexity index is 149. The normalized spacial score (nSPS) is 14.2. The number of aliphatic imine (C=N–C) groups is 1. The molecule has 72 valence electrons. The molecule has 0 heterocycles. The van der Waals surface area contributed by atoms with E-state index in [2.05, 4.69) is 52.7 Å². The van der Waals surface area contributed by atoms with E-state index in [0.29, 0.717) is 5.41 Å². The van der Waals surface area contributed by atoms with E-state index in [1.165, 1.54) is 6.42 Å². The zero-order valence-electron chi connectivity index (χ0n) is 9.44. The molecule has 0 rings (SSSR count). The molecular weight excluding hydrogens is 146 g/mol. The summed E-state index contributed by atoms with van der Waals surface area (Å²) >= 11 is 0. The molecule has 0 amide bonds. The van der Waals surface area contributed by atoms with Crippen molar-refractivity contribution in [2.45, 2.75) is 48.0 Å². The van der Waals surface area contributed by atoms with E-state index in [9.17, 15) is 0 Å². The molecule has 0 aliphatic heterocycles. The summed E-state index contributed by atoms with van der Waals surface area (Å²) in [6.45, 7) is 14.2. The van der Waals surface area contributed by atoms with E-state index in [0.717, 1.165) is 6.54 Å². The second-order valence-corrected chi connectivity index (χ2v) is 5.35. The van der Waals surface area contributed by atoms with Crippen molar-refractivity contribution >= 4 is 6.21 Å². The third-order valence-electron chi connectivity index (χ3n) is 1.96. The fraction of sp³-hybridized carbons (Fsp3) is 0.909. The minimum Gasteiger partial charge on any atom is -0.296 e. The molecule has 0 atom stereocenters. The van der Waals surface area contributed by atoms with Crippen molar-refractivity contribution in [2.75, 3.05) is 6.54 Å². The lowest BCUT2D eigenvalue weighted by molar-refractivity contribution is 0.365. The van der Waals surface area contributed by atoms with Crippen LogP contribution in [-0.4, -0.2) is 12.8 Å². The van der Waals surface area contributed by atoms with E-state index in [1.807, 2.05) is 0 Å². The predicted molar refractivity (Wildman–Crippen MR) is 56.9 cm³/mol. The van der Waals surface area contributed by atoms with Crippen molar-refractivity contribution < 1.29 is 0 Å². The van der Waals surface area contributed by atoms with Crippen LogP contribution in [0.4, 0.5) is 0 Å². The van der Waals surface area contributed by atoms with Gasteiger partial charge in [0, 0.05) is 12.8 Å². The minimum atomic E-state index is 0.226. The van der Waals surface area contributed by atoms with Gasteiger partial charge in [-0.25, -0.2) is 0 Å². The van der Waals surface area contributed by atoms with E-state index in [1.54, 1.807) is 0 Å². The van der Waals surface area contributed by atoms with Gasteiger partial charge in [-0.1, -0.05) is 41.5 Å². The Morgan fingerprint density at radius 1 is 1.08 bits per heavy atom. The Balaban J connectivity index is 3.91. The summed E-state index contributed by atoms with van der Waals surface area (Å²) in [6, 6.07) is 0. The van der Waals surface area contributed by atoms with Gasteiger partial charge in [0.25, 0.3) is 0 Å². The highest BCUT2D eigenvalue weighted by atomic mass is 14.7. The highest BCUT2D eigenvalue weighted by molar-refractivity contribution is 5.63. The Kier molecular flexibility index (Phi) is 3.95. The van der Waals surface area contributed by atoms with Crippen LogP contribution < -0.4 is 0 Å². The third kappa shape index (κ3) is 6.38. The first-order chi connectivity index (χ1) is 5.27. The largest absolute Gasteiger partial charge is 0.296 e. The molecule has 0 saturated carbocycles. The average molecular weight is 169 g/mol. The summed E-state index contributed by atoms with van der Waals surface area (Å²) < 4.78 is 0. The highest BCUT2D eigenvalue weighted by Crippen LogP contribution is 2.20. The van der Waals surface area contributed by atoms with Crippen LogP contribution in [-0.2, 0) is 0 Å².